The maximum absolute atomic E-state index is 3.71. The number of hydrogen-bond acceptors (Lipinski definition) is 2. The van der Waals surface area contributed by atoms with E-state index in [0.29, 0.717) is 11.5 Å². The fourth-order valence-corrected chi connectivity index (χ4v) is 3.33. The molecule has 1 aromatic carbocycles. The summed E-state index contributed by atoms with van der Waals surface area (Å²) in [5.41, 5.74) is 4.70. The Balaban J connectivity index is 2.21. The van der Waals surface area contributed by atoms with Crippen LogP contribution in [0, 0.1) is 19.3 Å². The first-order valence-corrected chi connectivity index (χ1v) is 8.14. The number of hydrogen-bond donors (Lipinski definition) is 1. The van der Waals surface area contributed by atoms with E-state index in [0.717, 1.165) is 19.6 Å². The Kier molecular flexibility index (Phi) is 4.51. The minimum absolute atomic E-state index is 0.196. The lowest BCUT2D eigenvalue weighted by Gasteiger charge is -2.49. The van der Waals surface area contributed by atoms with E-state index in [-0.39, 0.29) is 5.54 Å². The Morgan fingerprint density at radius 3 is 2.43 bits per heavy atom. The van der Waals surface area contributed by atoms with E-state index in [2.05, 4.69) is 76.9 Å². The molecule has 2 rings (SSSR count). The highest BCUT2D eigenvalue weighted by atomic mass is 15.3. The number of nitrogens with one attached hydrogen (secondary N) is 1. The van der Waals surface area contributed by atoms with Gasteiger partial charge in [0.1, 0.15) is 0 Å². The Labute approximate surface area is 130 Å². The number of aryl methyl sites for hydroxylation is 2. The fourth-order valence-electron chi connectivity index (χ4n) is 3.33. The summed E-state index contributed by atoms with van der Waals surface area (Å²) in [6.45, 7) is 19.3. The lowest BCUT2D eigenvalue weighted by Crippen LogP contribution is -2.64. The molecule has 1 aliphatic rings. The third kappa shape index (κ3) is 4.08. The first-order valence-electron chi connectivity index (χ1n) is 8.14. The Hall–Kier alpha value is -0.860. The van der Waals surface area contributed by atoms with Gasteiger partial charge in [-0.2, -0.15) is 0 Å². The highest BCUT2D eigenvalue weighted by Crippen LogP contribution is 2.30. The molecule has 2 nitrogen and oxygen atoms in total. The van der Waals surface area contributed by atoms with E-state index < -0.39 is 0 Å². The van der Waals surface area contributed by atoms with Crippen molar-refractivity contribution < 1.29 is 0 Å². The molecule has 1 aliphatic heterocycles. The summed E-state index contributed by atoms with van der Waals surface area (Å²) in [5, 5.41) is 3.71. The lowest BCUT2D eigenvalue weighted by atomic mass is 9.82. The molecule has 0 bridgehead atoms. The van der Waals surface area contributed by atoms with Crippen LogP contribution in [0.2, 0.25) is 0 Å². The van der Waals surface area contributed by atoms with Gasteiger partial charge in [0.05, 0.1) is 0 Å². The molecule has 2 heteroatoms. The molecule has 1 saturated heterocycles. The predicted octanol–water partition coefficient (Wildman–Crippen LogP) is 3.90. The molecule has 0 spiro atoms. The molecule has 1 aromatic rings. The Bertz CT molecular complexity index is 497. The van der Waals surface area contributed by atoms with E-state index in [1.54, 1.807) is 0 Å². The average molecular weight is 288 g/mol. The monoisotopic (exact) mass is 288 g/mol. The summed E-state index contributed by atoms with van der Waals surface area (Å²) in [4.78, 5) is 2.67. The summed E-state index contributed by atoms with van der Waals surface area (Å²) >= 11 is 0. The van der Waals surface area contributed by atoms with Crippen molar-refractivity contribution in [3.05, 3.63) is 34.9 Å². The second kappa shape index (κ2) is 5.73. The van der Waals surface area contributed by atoms with Crippen LogP contribution in [0.4, 0.5) is 0 Å². The predicted molar refractivity (Wildman–Crippen MR) is 91.7 cm³/mol. The van der Waals surface area contributed by atoms with Crippen molar-refractivity contribution in [2.45, 2.75) is 66.6 Å². The van der Waals surface area contributed by atoms with Gasteiger partial charge in [0, 0.05) is 31.2 Å². The van der Waals surface area contributed by atoms with Crippen LogP contribution in [-0.2, 0) is 6.54 Å². The van der Waals surface area contributed by atoms with E-state index in [4.69, 9.17) is 0 Å². The minimum atomic E-state index is 0.196. The highest BCUT2D eigenvalue weighted by Gasteiger charge is 2.38. The average Bonchev–Trinajstić information content (AvgIpc) is 2.31. The molecular formula is C19H32N2. The van der Waals surface area contributed by atoms with Crippen molar-refractivity contribution in [3.8, 4) is 0 Å². The molecule has 0 radical (unpaired) electrons. The summed E-state index contributed by atoms with van der Waals surface area (Å²) in [7, 11) is 0. The quantitative estimate of drug-likeness (QED) is 0.888. The second-order valence-corrected chi connectivity index (χ2v) is 8.47. The molecule has 1 atom stereocenters. The number of nitrogens with zero attached hydrogens (tertiary/aromatic N) is 1. The van der Waals surface area contributed by atoms with Gasteiger partial charge < -0.3 is 5.32 Å². The molecule has 1 unspecified atom stereocenters. The molecule has 0 aliphatic carbocycles. The molecule has 1 fully saturated rings. The van der Waals surface area contributed by atoms with Gasteiger partial charge in [-0.25, -0.2) is 0 Å². The molecule has 118 valence electrons. The summed E-state index contributed by atoms with van der Waals surface area (Å²) in [5.74, 6) is 0. The molecule has 0 saturated carbocycles. The van der Waals surface area contributed by atoms with Crippen molar-refractivity contribution in [1.29, 1.82) is 0 Å². The molecule has 0 aromatic heterocycles. The van der Waals surface area contributed by atoms with Crippen LogP contribution < -0.4 is 5.32 Å². The van der Waals surface area contributed by atoms with Gasteiger partial charge in [-0.15, -0.1) is 0 Å². The van der Waals surface area contributed by atoms with Crippen molar-refractivity contribution in [3.63, 3.8) is 0 Å². The van der Waals surface area contributed by atoms with Crippen LogP contribution in [-0.4, -0.2) is 29.6 Å². The Morgan fingerprint density at radius 1 is 1.19 bits per heavy atom. The zero-order valence-corrected chi connectivity index (χ0v) is 14.9. The standard InChI is InChI=1S/C19H32N2/c1-14-8-9-16(10-15(14)2)12-21-13-19(6,7)20-11-17(21)18(3,4)5/h8-10,17,20H,11-13H2,1-7H3. The molecular weight excluding hydrogens is 256 g/mol. The zero-order chi connectivity index (χ0) is 15.8. The maximum Gasteiger partial charge on any atom is 0.0273 e. The van der Waals surface area contributed by atoms with Gasteiger partial charge in [0.2, 0.25) is 0 Å². The van der Waals surface area contributed by atoms with Crippen LogP contribution in [0.1, 0.15) is 51.3 Å². The van der Waals surface area contributed by atoms with Crippen molar-refractivity contribution in [2.75, 3.05) is 13.1 Å². The molecule has 1 N–H and O–H groups in total. The van der Waals surface area contributed by atoms with Crippen molar-refractivity contribution >= 4 is 0 Å². The van der Waals surface area contributed by atoms with Gasteiger partial charge in [0.25, 0.3) is 0 Å². The van der Waals surface area contributed by atoms with Gasteiger partial charge in [-0.05, 0) is 49.8 Å². The van der Waals surface area contributed by atoms with E-state index in [9.17, 15) is 0 Å². The summed E-state index contributed by atoms with van der Waals surface area (Å²) < 4.78 is 0. The smallest absolute Gasteiger partial charge is 0.0273 e. The first-order chi connectivity index (χ1) is 9.58. The lowest BCUT2D eigenvalue weighted by molar-refractivity contribution is 0.0272. The van der Waals surface area contributed by atoms with E-state index in [1.165, 1.54) is 16.7 Å². The number of benzene rings is 1. The van der Waals surface area contributed by atoms with Gasteiger partial charge >= 0.3 is 0 Å². The normalized spacial score (nSPS) is 23.3. The van der Waals surface area contributed by atoms with Gasteiger partial charge in [-0.1, -0.05) is 39.0 Å². The van der Waals surface area contributed by atoms with Crippen LogP contribution in [0.15, 0.2) is 18.2 Å². The van der Waals surface area contributed by atoms with Crippen molar-refractivity contribution in [1.82, 2.24) is 10.2 Å². The first kappa shape index (κ1) is 16.5. The fraction of sp³-hybridized carbons (Fsp3) is 0.684. The van der Waals surface area contributed by atoms with Crippen LogP contribution in [0.5, 0.6) is 0 Å². The number of rotatable bonds is 2. The maximum atomic E-state index is 3.71. The molecule has 1 heterocycles. The third-order valence-electron chi connectivity index (χ3n) is 4.77. The van der Waals surface area contributed by atoms with E-state index in [1.807, 2.05) is 0 Å². The Morgan fingerprint density at radius 2 is 1.86 bits per heavy atom. The largest absolute Gasteiger partial charge is 0.309 e. The zero-order valence-electron chi connectivity index (χ0n) is 14.9. The van der Waals surface area contributed by atoms with Crippen molar-refractivity contribution in [2.24, 2.45) is 5.41 Å². The minimum Gasteiger partial charge on any atom is -0.309 e. The SMILES string of the molecule is Cc1ccc(CN2CC(C)(C)NCC2C(C)(C)C)cc1C. The summed E-state index contributed by atoms with van der Waals surface area (Å²) in [6, 6.07) is 7.47. The molecule has 21 heavy (non-hydrogen) atoms. The van der Waals surface area contributed by atoms with Gasteiger partial charge in [-0.3, -0.25) is 4.90 Å². The molecule has 0 amide bonds. The second-order valence-electron chi connectivity index (χ2n) is 8.47. The summed E-state index contributed by atoms with van der Waals surface area (Å²) in [6.07, 6.45) is 0. The van der Waals surface area contributed by atoms with Crippen LogP contribution in [0.3, 0.4) is 0 Å². The van der Waals surface area contributed by atoms with Crippen LogP contribution in [0.25, 0.3) is 0 Å². The van der Waals surface area contributed by atoms with Crippen LogP contribution >= 0.6 is 0 Å². The third-order valence-corrected chi connectivity index (χ3v) is 4.77. The topological polar surface area (TPSA) is 15.3 Å². The van der Waals surface area contributed by atoms with E-state index >= 15 is 0 Å². The number of piperazine rings is 1. The highest BCUT2D eigenvalue weighted by molar-refractivity contribution is 5.30. The van der Waals surface area contributed by atoms with Gasteiger partial charge in [0.15, 0.2) is 0 Å².